The van der Waals surface area contributed by atoms with Crippen LogP contribution in [0, 0.1) is 17.0 Å². The SMILES string of the molecule is Cc1cc2c(cc1S(N)(=O)=O)S(=O)(=O)NC(NC(=O)CO[N+](=O)[O-])N2. The number of benzene rings is 1. The molecule has 5 N–H and O–H groups in total. The van der Waals surface area contributed by atoms with Gasteiger partial charge in [0, 0.05) is 0 Å². The van der Waals surface area contributed by atoms with Crippen molar-refractivity contribution < 1.29 is 31.6 Å². The number of anilines is 1. The molecule has 2 rings (SSSR count). The summed E-state index contributed by atoms with van der Waals surface area (Å²) in [4.78, 5) is 24.6. The van der Waals surface area contributed by atoms with Crippen LogP contribution in [0.5, 0.6) is 0 Å². The number of nitrogens with zero attached hydrogens (tertiary/aromatic N) is 1. The summed E-state index contributed by atoms with van der Waals surface area (Å²) in [6, 6.07) is 2.13. The molecule has 0 spiro atoms. The molecule has 1 aromatic rings. The Morgan fingerprint density at radius 3 is 2.68 bits per heavy atom. The Kier molecular flexibility index (Phi) is 4.85. The molecule has 0 fully saturated rings. The molecule has 1 aromatic carbocycles. The zero-order chi connectivity index (χ0) is 19.0. The van der Waals surface area contributed by atoms with E-state index in [4.69, 9.17) is 5.14 Å². The van der Waals surface area contributed by atoms with E-state index in [0.717, 1.165) is 6.07 Å². The maximum Gasteiger partial charge on any atom is 0.295 e. The van der Waals surface area contributed by atoms with E-state index in [1.165, 1.54) is 13.0 Å². The summed E-state index contributed by atoms with van der Waals surface area (Å²) in [7, 11) is -8.32. The van der Waals surface area contributed by atoms with Crippen LogP contribution < -0.4 is 20.5 Å². The molecule has 1 amide bonds. The van der Waals surface area contributed by atoms with Crippen molar-refractivity contribution >= 4 is 31.6 Å². The number of primary sulfonamides is 1. The van der Waals surface area contributed by atoms with Crippen LogP contribution in [0.25, 0.3) is 0 Å². The molecule has 0 aliphatic carbocycles. The van der Waals surface area contributed by atoms with E-state index in [0.29, 0.717) is 0 Å². The third-order valence-electron chi connectivity index (χ3n) is 3.05. The van der Waals surface area contributed by atoms with E-state index >= 15 is 0 Å². The van der Waals surface area contributed by atoms with Gasteiger partial charge in [-0.05, 0) is 24.6 Å². The quantitative estimate of drug-likeness (QED) is 0.320. The summed E-state index contributed by atoms with van der Waals surface area (Å²) in [5.74, 6) is -0.960. The maximum atomic E-state index is 12.2. The Balaban J connectivity index is 2.30. The predicted molar refractivity (Wildman–Crippen MR) is 81.4 cm³/mol. The zero-order valence-corrected chi connectivity index (χ0v) is 14.2. The molecule has 0 aromatic heterocycles. The number of sulfonamides is 2. The lowest BCUT2D eigenvalue weighted by molar-refractivity contribution is -0.754. The van der Waals surface area contributed by atoms with Crippen LogP contribution in [0.4, 0.5) is 5.69 Å². The van der Waals surface area contributed by atoms with Crippen molar-refractivity contribution in [2.75, 3.05) is 11.9 Å². The van der Waals surface area contributed by atoms with Crippen molar-refractivity contribution in [3.05, 3.63) is 27.8 Å². The number of rotatable bonds is 5. The van der Waals surface area contributed by atoms with Crippen LogP contribution in [-0.4, -0.2) is 40.7 Å². The predicted octanol–water partition coefficient (Wildman–Crippen LogP) is -2.05. The molecule has 1 unspecified atom stereocenters. The Bertz CT molecular complexity index is 942. The van der Waals surface area contributed by atoms with Crippen molar-refractivity contribution in [1.82, 2.24) is 10.0 Å². The van der Waals surface area contributed by atoms with E-state index in [2.05, 4.69) is 15.5 Å². The molecule has 0 bridgehead atoms. The van der Waals surface area contributed by atoms with Gasteiger partial charge in [0.05, 0.1) is 10.6 Å². The van der Waals surface area contributed by atoms with Gasteiger partial charge < -0.3 is 15.5 Å². The molecular formula is C10H13N5O8S2. The van der Waals surface area contributed by atoms with Crippen LogP contribution in [0.1, 0.15) is 5.56 Å². The second-order valence-electron chi connectivity index (χ2n) is 4.92. The highest BCUT2D eigenvalue weighted by Crippen LogP contribution is 2.30. The van der Waals surface area contributed by atoms with Crippen LogP contribution >= 0.6 is 0 Å². The lowest BCUT2D eigenvalue weighted by Crippen LogP contribution is -2.56. The van der Waals surface area contributed by atoms with Crippen LogP contribution in [0.2, 0.25) is 0 Å². The molecule has 0 saturated carbocycles. The third-order valence-corrected chi connectivity index (χ3v) is 5.57. The monoisotopic (exact) mass is 395 g/mol. The van der Waals surface area contributed by atoms with Crippen molar-refractivity contribution in [3.8, 4) is 0 Å². The van der Waals surface area contributed by atoms with Gasteiger partial charge in [-0.15, -0.1) is 10.1 Å². The largest absolute Gasteiger partial charge is 0.351 e. The van der Waals surface area contributed by atoms with E-state index < -0.39 is 43.9 Å². The first-order valence-corrected chi connectivity index (χ1v) is 9.46. The average Bonchev–Trinajstić information content (AvgIpc) is 2.42. The Hall–Kier alpha value is -2.49. The normalized spacial score (nSPS) is 18.6. The number of nitrogens with two attached hydrogens (primary N) is 1. The van der Waals surface area contributed by atoms with Crippen LogP contribution in [0.15, 0.2) is 21.9 Å². The third kappa shape index (κ3) is 4.32. The van der Waals surface area contributed by atoms with Gasteiger partial charge in [0.2, 0.25) is 26.0 Å². The number of fused-ring (bicyclic) bond motifs is 1. The lowest BCUT2D eigenvalue weighted by Gasteiger charge is -2.29. The van der Waals surface area contributed by atoms with Crippen molar-refractivity contribution in [3.63, 3.8) is 0 Å². The summed E-state index contributed by atoms with van der Waals surface area (Å²) in [6.07, 6.45) is -1.32. The summed E-state index contributed by atoms with van der Waals surface area (Å²) < 4.78 is 49.5. The Morgan fingerprint density at radius 1 is 1.48 bits per heavy atom. The Morgan fingerprint density at radius 2 is 2.12 bits per heavy atom. The van der Waals surface area contributed by atoms with Gasteiger partial charge in [0.15, 0.2) is 12.9 Å². The van der Waals surface area contributed by atoms with E-state index in [1.54, 1.807) is 0 Å². The number of nitrogens with one attached hydrogen (secondary N) is 3. The molecule has 1 aliphatic heterocycles. The number of carbonyl (C=O) groups is 1. The van der Waals surface area contributed by atoms with Crippen LogP contribution in [0.3, 0.4) is 0 Å². The molecule has 0 saturated heterocycles. The zero-order valence-electron chi connectivity index (χ0n) is 12.5. The number of amides is 1. The molecule has 1 aliphatic rings. The Labute approximate surface area is 141 Å². The van der Waals surface area contributed by atoms with Gasteiger partial charge in [-0.1, -0.05) is 0 Å². The molecule has 1 atom stereocenters. The maximum absolute atomic E-state index is 12.2. The minimum Gasteiger partial charge on any atom is -0.351 e. The topological polar surface area (TPSA) is 200 Å². The van der Waals surface area contributed by atoms with Gasteiger partial charge in [-0.25, -0.2) is 22.0 Å². The highest BCUT2D eigenvalue weighted by Gasteiger charge is 2.32. The minimum absolute atomic E-state index is 0.0177. The van der Waals surface area contributed by atoms with Crippen molar-refractivity contribution in [2.45, 2.75) is 23.0 Å². The average molecular weight is 395 g/mol. The number of aryl methyl sites for hydroxylation is 1. The molecular weight excluding hydrogens is 382 g/mol. The fourth-order valence-electron chi connectivity index (χ4n) is 2.09. The summed E-state index contributed by atoms with van der Waals surface area (Å²) >= 11 is 0. The molecule has 0 radical (unpaired) electrons. The lowest BCUT2D eigenvalue weighted by atomic mass is 10.2. The van der Waals surface area contributed by atoms with E-state index in [-0.39, 0.29) is 21.0 Å². The number of carbonyl (C=O) groups excluding carboxylic acids is 1. The van der Waals surface area contributed by atoms with E-state index in [9.17, 15) is 31.7 Å². The molecule has 25 heavy (non-hydrogen) atoms. The fraction of sp³-hybridized carbons (Fsp3) is 0.300. The molecule has 13 nitrogen and oxygen atoms in total. The molecule has 1 heterocycles. The summed E-state index contributed by atoms with van der Waals surface area (Å²) in [6.45, 7) is 0.484. The summed E-state index contributed by atoms with van der Waals surface area (Å²) in [5, 5.41) is 18.6. The van der Waals surface area contributed by atoms with Crippen molar-refractivity contribution in [1.29, 1.82) is 0 Å². The minimum atomic E-state index is -4.19. The van der Waals surface area contributed by atoms with Gasteiger partial charge in [-0.3, -0.25) is 4.79 Å². The van der Waals surface area contributed by atoms with E-state index in [1.807, 2.05) is 4.72 Å². The fourth-order valence-corrected chi connectivity index (χ4v) is 4.19. The van der Waals surface area contributed by atoms with Gasteiger partial charge >= 0.3 is 0 Å². The number of hydrogen-bond acceptors (Lipinski definition) is 9. The second-order valence-corrected chi connectivity index (χ2v) is 8.13. The highest BCUT2D eigenvalue weighted by atomic mass is 32.2. The smallest absolute Gasteiger partial charge is 0.295 e. The number of hydrogen-bond donors (Lipinski definition) is 4. The summed E-state index contributed by atoms with van der Waals surface area (Å²) in [5.41, 5.74) is 0.205. The van der Waals surface area contributed by atoms with Crippen molar-refractivity contribution in [2.24, 2.45) is 5.14 Å². The first-order valence-electron chi connectivity index (χ1n) is 6.43. The molecule has 15 heteroatoms. The van der Waals surface area contributed by atoms with Gasteiger partial charge in [0.1, 0.15) is 4.90 Å². The van der Waals surface area contributed by atoms with Gasteiger partial charge in [-0.2, -0.15) is 4.72 Å². The molecule has 138 valence electrons. The first-order chi connectivity index (χ1) is 11.4. The standard InChI is InChI=1S/C10H13N5O8S2/c1-5-2-6-8(3-7(5)24(11,19)20)25(21,22)14-10(12-6)13-9(16)4-23-15(17)18/h2-3,10,12,14H,4H2,1H3,(H,13,16)(H2,11,19,20). The van der Waals surface area contributed by atoms with Crippen LogP contribution in [-0.2, 0) is 29.7 Å². The highest BCUT2D eigenvalue weighted by molar-refractivity contribution is 7.90. The van der Waals surface area contributed by atoms with Gasteiger partial charge in [0.25, 0.3) is 5.09 Å². The second kappa shape index (κ2) is 6.43. The first kappa shape index (κ1) is 18.8.